The Hall–Kier alpha value is -0.820. The average Bonchev–Trinajstić information content (AvgIpc) is 2.37. The molecule has 1 heteroatoms. The van der Waals surface area contributed by atoms with Crippen LogP contribution >= 0.6 is 0 Å². The third kappa shape index (κ3) is 4.51. The minimum Gasteiger partial charge on any atom is -0.390 e. The second-order valence-electron chi connectivity index (χ2n) is 5.13. The molecule has 0 aliphatic rings. The molecule has 1 aromatic carbocycles. The molecule has 0 radical (unpaired) electrons. The first-order chi connectivity index (χ1) is 8.13. The number of aliphatic hydroxyl groups is 1. The fourth-order valence-electron chi connectivity index (χ4n) is 2.43. The fourth-order valence-corrected chi connectivity index (χ4v) is 2.43. The summed E-state index contributed by atoms with van der Waals surface area (Å²) in [6.07, 6.45) is 4.85. The minimum atomic E-state index is -0.530. The van der Waals surface area contributed by atoms with E-state index in [0.29, 0.717) is 5.92 Å². The molecule has 1 N–H and O–H groups in total. The second-order valence-corrected chi connectivity index (χ2v) is 5.13. The van der Waals surface area contributed by atoms with Crippen molar-refractivity contribution in [3.63, 3.8) is 0 Å². The van der Waals surface area contributed by atoms with Crippen molar-refractivity contribution in [2.45, 2.75) is 58.5 Å². The molecule has 0 aliphatic carbocycles. The van der Waals surface area contributed by atoms with Gasteiger partial charge in [0.1, 0.15) is 0 Å². The van der Waals surface area contributed by atoms with E-state index in [2.05, 4.69) is 32.9 Å². The smallest absolute Gasteiger partial charge is 0.0688 e. The Bertz CT molecular complexity index is 303. The zero-order valence-corrected chi connectivity index (χ0v) is 11.4. The Kier molecular flexibility index (Phi) is 5.70. The predicted octanol–water partition coefficient (Wildman–Crippen LogP) is 4.20. The highest BCUT2D eigenvalue weighted by Crippen LogP contribution is 2.28. The van der Waals surface area contributed by atoms with Crippen LogP contribution in [0.15, 0.2) is 30.3 Å². The maximum Gasteiger partial charge on any atom is 0.0688 e. The van der Waals surface area contributed by atoms with E-state index in [9.17, 15) is 5.11 Å². The van der Waals surface area contributed by atoms with Gasteiger partial charge in [0.25, 0.3) is 0 Å². The third-order valence-corrected chi connectivity index (χ3v) is 3.86. The van der Waals surface area contributed by atoms with Crippen molar-refractivity contribution in [1.29, 1.82) is 0 Å². The number of rotatable bonds is 7. The molecule has 0 aliphatic heterocycles. The molecule has 17 heavy (non-hydrogen) atoms. The van der Waals surface area contributed by atoms with E-state index in [1.807, 2.05) is 18.2 Å². The van der Waals surface area contributed by atoms with E-state index in [4.69, 9.17) is 0 Å². The van der Waals surface area contributed by atoms with Crippen LogP contribution < -0.4 is 0 Å². The Labute approximate surface area is 106 Å². The largest absolute Gasteiger partial charge is 0.390 e. The highest BCUT2D eigenvalue weighted by molar-refractivity contribution is 5.17. The second kappa shape index (κ2) is 6.80. The minimum absolute atomic E-state index is 0.530. The summed E-state index contributed by atoms with van der Waals surface area (Å²) in [7, 11) is 0. The van der Waals surface area contributed by atoms with Gasteiger partial charge in [0.05, 0.1) is 5.60 Å². The lowest BCUT2D eigenvalue weighted by Gasteiger charge is -2.30. The van der Waals surface area contributed by atoms with Gasteiger partial charge in [-0.1, -0.05) is 63.9 Å². The van der Waals surface area contributed by atoms with Gasteiger partial charge in [-0.3, -0.25) is 0 Å². The predicted molar refractivity (Wildman–Crippen MR) is 74.1 cm³/mol. The van der Waals surface area contributed by atoms with E-state index in [1.54, 1.807) is 0 Å². The van der Waals surface area contributed by atoms with Crippen LogP contribution in [0.3, 0.4) is 0 Å². The molecule has 0 heterocycles. The average molecular weight is 234 g/mol. The molecule has 1 atom stereocenters. The van der Waals surface area contributed by atoms with Crippen LogP contribution in [0, 0.1) is 5.92 Å². The first-order valence-corrected chi connectivity index (χ1v) is 6.89. The highest BCUT2D eigenvalue weighted by Gasteiger charge is 2.27. The van der Waals surface area contributed by atoms with Gasteiger partial charge in [0, 0.05) is 6.42 Å². The third-order valence-electron chi connectivity index (χ3n) is 3.86. The summed E-state index contributed by atoms with van der Waals surface area (Å²) in [4.78, 5) is 0. The SMILES string of the molecule is CCC(CC)CC(O)(CC)Cc1ccccc1. The Morgan fingerprint density at radius 3 is 2.12 bits per heavy atom. The van der Waals surface area contributed by atoms with E-state index >= 15 is 0 Å². The van der Waals surface area contributed by atoms with Crippen molar-refractivity contribution >= 4 is 0 Å². The summed E-state index contributed by atoms with van der Waals surface area (Å²) in [5, 5.41) is 10.7. The van der Waals surface area contributed by atoms with Gasteiger partial charge in [-0.15, -0.1) is 0 Å². The molecule has 0 aromatic heterocycles. The van der Waals surface area contributed by atoms with Gasteiger partial charge in [-0.25, -0.2) is 0 Å². The van der Waals surface area contributed by atoms with Crippen LogP contribution in [-0.4, -0.2) is 10.7 Å². The van der Waals surface area contributed by atoms with Crippen LogP contribution in [0.25, 0.3) is 0 Å². The molecular weight excluding hydrogens is 208 g/mol. The molecule has 1 rings (SSSR count). The zero-order chi connectivity index (χ0) is 12.7. The van der Waals surface area contributed by atoms with Crippen LogP contribution in [0.5, 0.6) is 0 Å². The quantitative estimate of drug-likeness (QED) is 0.749. The molecule has 0 fully saturated rings. The fraction of sp³-hybridized carbons (Fsp3) is 0.625. The van der Waals surface area contributed by atoms with E-state index in [-0.39, 0.29) is 0 Å². The molecule has 96 valence electrons. The summed E-state index contributed by atoms with van der Waals surface area (Å²) in [6.45, 7) is 6.52. The molecule has 0 amide bonds. The maximum absolute atomic E-state index is 10.7. The Balaban J connectivity index is 2.68. The van der Waals surface area contributed by atoms with Crippen molar-refractivity contribution in [3.05, 3.63) is 35.9 Å². The molecule has 1 nitrogen and oxygen atoms in total. The highest BCUT2D eigenvalue weighted by atomic mass is 16.3. The summed E-state index contributed by atoms with van der Waals surface area (Å²) in [5.74, 6) is 0.642. The lowest BCUT2D eigenvalue weighted by atomic mass is 9.81. The standard InChI is InChI=1S/C16H26O/c1-4-14(5-2)12-16(17,6-3)13-15-10-8-7-9-11-15/h7-11,14,17H,4-6,12-13H2,1-3H3. The summed E-state index contributed by atoms with van der Waals surface area (Å²) < 4.78 is 0. The van der Waals surface area contributed by atoms with Crippen molar-refractivity contribution in [2.24, 2.45) is 5.92 Å². The molecule has 1 aromatic rings. The lowest BCUT2D eigenvalue weighted by molar-refractivity contribution is 0.0106. The first kappa shape index (κ1) is 14.2. The van der Waals surface area contributed by atoms with Crippen molar-refractivity contribution in [2.75, 3.05) is 0 Å². The Morgan fingerprint density at radius 1 is 1.06 bits per heavy atom. The van der Waals surface area contributed by atoms with E-state index < -0.39 is 5.60 Å². The van der Waals surface area contributed by atoms with Crippen molar-refractivity contribution in [1.82, 2.24) is 0 Å². The van der Waals surface area contributed by atoms with Crippen LogP contribution in [0.4, 0.5) is 0 Å². The van der Waals surface area contributed by atoms with E-state index in [1.165, 1.54) is 5.56 Å². The summed E-state index contributed by atoms with van der Waals surface area (Å²) in [5.41, 5.74) is 0.709. The van der Waals surface area contributed by atoms with Crippen molar-refractivity contribution in [3.8, 4) is 0 Å². The number of hydrogen-bond acceptors (Lipinski definition) is 1. The van der Waals surface area contributed by atoms with Gasteiger partial charge in [0.15, 0.2) is 0 Å². The van der Waals surface area contributed by atoms with Gasteiger partial charge >= 0.3 is 0 Å². The van der Waals surface area contributed by atoms with E-state index in [0.717, 1.165) is 32.1 Å². The van der Waals surface area contributed by atoms with Crippen LogP contribution in [-0.2, 0) is 6.42 Å². The Morgan fingerprint density at radius 2 is 1.65 bits per heavy atom. The topological polar surface area (TPSA) is 20.2 Å². The van der Waals surface area contributed by atoms with Gasteiger partial charge in [-0.2, -0.15) is 0 Å². The van der Waals surface area contributed by atoms with Crippen molar-refractivity contribution < 1.29 is 5.11 Å². The molecule has 0 bridgehead atoms. The molecule has 0 saturated heterocycles. The van der Waals surface area contributed by atoms with Crippen LogP contribution in [0.2, 0.25) is 0 Å². The number of benzene rings is 1. The monoisotopic (exact) mass is 234 g/mol. The molecule has 1 unspecified atom stereocenters. The first-order valence-electron chi connectivity index (χ1n) is 6.89. The number of hydrogen-bond donors (Lipinski definition) is 1. The maximum atomic E-state index is 10.7. The lowest BCUT2D eigenvalue weighted by Crippen LogP contribution is -2.33. The molecule has 0 spiro atoms. The van der Waals surface area contributed by atoms with Gasteiger partial charge in [0.2, 0.25) is 0 Å². The molecule has 0 saturated carbocycles. The van der Waals surface area contributed by atoms with Gasteiger partial charge < -0.3 is 5.11 Å². The van der Waals surface area contributed by atoms with Gasteiger partial charge in [-0.05, 0) is 24.3 Å². The molecular formula is C16H26O. The summed E-state index contributed by atoms with van der Waals surface area (Å²) in [6, 6.07) is 10.3. The zero-order valence-electron chi connectivity index (χ0n) is 11.4. The summed E-state index contributed by atoms with van der Waals surface area (Å²) >= 11 is 0. The normalized spacial score (nSPS) is 14.9. The van der Waals surface area contributed by atoms with Crippen LogP contribution in [0.1, 0.15) is 52.0 Å².